The van der Waals surface area contributed by atoms with E-state index in [-0.39, 0.29) is 11.5 Å². The van der Waals surface area contributed by atoms with E-state index in [1.807, 2.05) is 0 Å². The number of anilines is 1. The Labute approximate surface area is 114 Å². The third-order valence-electron chi connectivity index (χ3n) is 4.05. The molecule has 0 radical (unpaired) electrons. The number of aryl methyl sites for hydroxylation is 1. The van der Waals surface area contributed by atoms with Crippen LogP contribution in [0.3, 0.4) is 0 Å². The van der Waals surface area contributed by atoms with Crippen molar-refractivity contribution in [2.24, 2.45) is 5.41 Å². The van der Waals surface area contributed by atoms with Gasteiger partial charge < -0.3 is 10.0 Å². The second-order valence-corrected chi connectivity index (χ2v) is 7.38. The number of hydrogen-bond donors (Lipinski definition) is 1. The van der Waals surface area contributed by atoms with Gasteiger partial charge in [0.25, 0.3) is 0 Å². The summed E-state index contributed by atoms with van der Waals surface area (Å²) in [6.45, 7) is 8.97. The SMILES string of the molecule is CC(N(C)c1nc2c(s1)C(O)CCC2)C(C)(C)C. The second kappa shape index (κ2) is 4.82. The number of aliphatic hydroxyl groups excluding tert-OH is 1. The van der Waals surface area contributed by atoms with Crippen molar-refractivity contribution in [1.82, 2.24) is 4.98 Å². The van der Waals surface area contributed by atoms with Crippen molar-refractivity contribution in [3.05, 3.63) is 10.6 Å². The molecule has 1 aromatic rings. The Morgan fingerprint density at radius 2 is 2.11 bits per heavy atom. The number of thiazole rings is 1. The summed E-state index contributed by atoms with van der Waals surface area (Å²) in [7, 11) is 2.10. The average Bonchev–Trinajstić information content (AvgIpc) is 2.71. The number of hydrogen-bond acceptors (Lipinski definition) is 4. The summed E-state index contributed by atoms with van der Waals surface area (Å²) in [6.07, 6.45) is 2.65. The van der Waals surface area contributed by atoms with E-state index in [4.69, 9.17) is 4.98 Å². The molecular weight excluding hydrogens is 244 g/mol. The van der Waals surface area contributed by atoms with Gasteiger partial charge in [-0.15, -0.1) is 0 Å². The van der Waals surface area contributed by atoms with E-state index in [1.54, 1.807) is 11.3 Å². The Morgan fingerprint density at radius 1 is 1.44 bits per heavy atom. The fourth-order valence-electron chi connectivity index (χ4n) is 2.28. The molecule has 4 heteroatoms. The lowest BCUT2D eigenvalue weighted by molar-refractivity contribution is 0.160. The van der Waals surface area contributed by atoms with Crippen molar-refractivity contribution in [2.45, 2.75) is 59.1 Å². The molecule has 0 aliphatic heterocycles. The first-order valence-electron chi connectivity index (χ1n) is 6.71. The average molecular weight is 268 g/mol. The lowest BCUT2D eigenvalue weighted by Gasteiger charge is -2.35. The van der Waals surface area contributed by atoms with Crippen molar-refractivity contribution in [3.8, 4) is 0 Å². The van der Waals surface area contributed by atoms with Crippen molar-refractivity contribution >= 4 is 16.5 Å². The molecule has 18 heavy (non-hydrogen) atoms. The van der Waals surface area contributed by atoms with E-state index in [1.165, 1.54) is 0 Å². The van der Waals surface area contributed by atoms with Gasteiger partial charge in [-0.25, -0.2) is 4.98 Å². The van der Waals surface area contributed by atoms with E-state index in [0.29, 0.717) is 6.04 Å². The lowest BCUT2D eigenvalue weighted by atomic mass is 9.87. The van der Waals surface area contributed by atoms with Crippen LogP contribution in [0, 0.1) is 5.41 Å². The topological polar surface area (TPSA) is 36.4 Å². The van der Waals surface area contributed by atoms with Crippen LogP contribution in [-0.2, 0) is 6.42 Å². The molecule has 0 spiro atoms. The minimum atomic E-state index is -0.293. The van der Waals surface area contributed by atoms with Gasteiger partial charge in [0.1, 0.15) is 0 Å². The largest absolute Gasteiger partial charge is 0.388 e. The van der Waals surface area contributed by atoms with E-state index < -0.39 is 0 Å². The number of aromatic nitrogens is 1. The van der Waals surface area contributed by atoms with Crippen molar-refractivity contribution < 1.29 is 5.11 Å². The molecule has 0 aromatic carbocycles. The number of aliphatic hydroxyl groups is 1. The monoisotopic (exact) mass is 268 g/mol. The van der Waals surface area contributed by atoms with E-state index >= 15 is 0 Å². The van der Waals surface area contributed by atoms with Crippen LogP contribution in [0.1, 0.15) is 57.2 Å². The zero-order valence-corrected chi connectivity index (χ0v) is 12.8. The molecule has 0 saturated carbocycles. The van der Waals surface area contributed by atoms with Gasteiger partial charge in [0.15, 0.2) is 5.13 Å². The first-order valence-corrected chi connectivity index (χ1v) is 7.53. The van der Waals surface area contributed by atoms with Gasteiger partial charge in [-0.3, -0.25) is 0 Å². The summed E-state index contributed by atoms with van der Waals surface area (Å²) in [6, 6.07) is 0.419. The van der Waals surface area contributed by atoms with Crippen LogP contribution in [-0.4, -0.2) is 23.2 Å². The molecule has 2 atom stereocenters. The van der Waals surface area contributed by atoms with Gasteiger partial charge >= 0.3 is 0 Å². The first kappa shape index (κ1) is 13.8. The number of fused-ring (bicyclic) bond motifs is 1. The van der Waals surface area contributed by atoms with Crippen LogP contribution < -0.4 is 4.90 Å². The maximum absolute atomic E-state index is 10.0. The lowest BCUT2D eigenvalue weighted by Crippen LogP contribution is -2.39. The molecule has 3 nitrogen and oxygen atoms in total. The Kier molecular flexibility index (Phi) is 3.70. The molecule has 1 heterocycles. The minimum Gasteiger partial charge on any atom is -0.388 e. The number of rotatable bonds is 2. The number of nitrogens with zero attached hydrogens (tertiary/aromatic N) is 2. The van der Waals surface area contributed by atoms with Crippen LogP contribution in [0.4, 0.5) is 5.13 Å². The fourth-order valence-corrected chi connectivity index (χ4v) is 3.46. The van der Waals surface area contributed by atoms with Crippen molar-refractivity contribution in [2.75, 3.05) is 11.9 Å². The van der Waals surface area contributed by atoms with E-state index in [9.17, 15) is 5.11 Å². The maximum Gasteiger partial charge on any atom is 0.185 e. The highest BCUT2D eigenvalue weighted by Gasteiger charge is 2.28. The highest BCUT2D eigenvalue weighted by molar-refractivity contribution is 7.15. The van der Waals surface area contributed by atoms with Crippen LogP contribution in [0.5, 0.6) is 0 Å². The van der Waals surface area contributed by atoms with Gasteiger partial charge in [-0.2, -0.15) is 0 Å². The molecule has 2 rings (SSSR count). The highest BCUT2D eigenvalue weighted by atomic mass is 32.1. The van der Waals surface area contributed by atoms with Gasteiger partial charge in [0, 0.05) is 13.1 Å². The Hall–Kier alpha value is -0.610. The molecule has 1 aromatic heterocycles. The predicted molar refractivity (Wildman–Crippen MR) is 77.3 cm³/mol. The Morgan fingerprint density at radius 3 is 2.67 bits per heavy atom. The predicted octanol–water partition coefficient (Wildman–Crippen LogP) is 3.38. The van der Waals surface area contributed by atoms with Crippen molar-refractivity contribution in [3.63, 3.8) is 0 Å². The zero-order chi connectivity index (χ0) is 13.5. The van der Waals surface area contributed by atoms with Gasteiger partial charge in [-0.1, -0.05) is 32.1 Å². The Balaban J connectivity index is 2.24. The smallest absolute Gasteiger partial charge is 0.185 e. The summed E-state index contributed by atoms with van der Waals surface area (Å²) in [4.78, 5) is 8.05. The standard InChI is InChI=1S/C14H24N2OS/c1-9(14(2,3)4)16(5)13-15-10-7-6-8-11(17)12(10)18-13/h9,11,17H,6-8H2,1-5H3. The van der Waals surface area contributed by atoms with Crippen molar-refractivity contribution in [1.29, 1.82) is 0 Å². The summed E-state index contributed by atoms with van der Waals surface area (Å²) in [5, 5.41) is 11.1. The molecule has 0 bridgehead atoms. The van der Waals surface area contributed by atoms with Gasteiger partial charge in [0.2, 0.25) is 0 Å². The zero-order valence-electron chi connectivity index (χ0n) is 12.0. The third kappa shape index (κ3) is 2.54. The minimum absolute atomic E-state index is 0.222. The summed E-state index contributed by atoms with van der Waals surface area (Å²) < 4.78 is 0. The molecule has 0 saturated heterocycles. The normalized spacial score (nSPS) is 21.6. The van der Waals surface area contributed by atoms with Crippen LogP contribution in [0.25, 0.3) is 0 Å². The molecule has 102 valence electrons. The summed E-state index contributed by atoms with van der Waals surface area (Å²) in [5.41, 5.74) is 1.33. The Bertz CT molecular complexity index is 422. The molecule has 2 unspecified atom stereocenters. The molecule has 1 N–H and O–H groups in total. The maximum atomic E-state index is 10.0. The third-order valence-corrected chi connectivity index (χ3v) is 5.34. The molecule has 1 aliphatic rings. The van der Waals surface area contributed by atoms with Crippen LogP contribution in [0.2, 0.25) is 0 Å². The molecule has 1 aliphatic carbocycles. The molecule has 0 amide bonds. The van der Waals surface area contributed by atoms with Crippen LogP contribution >= 0.6 is 11.3 Å². The fraction of sp³-hybridized carbons (Fsp3) is 0.786. The van der Waals surface area contributed by atoms with E-state index in [0.717, 1.165) is 35.0 Å². The van der Waals surface area contributed by atoms with Gasteiger partial charge in [0.05, 0.1) is 16.7 Å². The van der Waals surface area contributed by atoms with E-state index in [2.05, 4.69) is 39.6 Å². The molecular formula is C14H24N2OS. The highest BCUT2D eigenvalue weighted by Crippen LogP contribution is 2.38. The summed E-state index contributed by atoms with van der Waals surface area (Å²) >= 11 is 1.66. The summed E-state index contributed by atoms with van der Waals surface area (Å²) in [5.74, 6) is 0. The van der Waals surface area contributed by atoms with Crippen LogP contribution in [0.15, 0.2) is 0 Å². The second-order valence-electron chi connectivity index (χ2n) is 6.37. The first-order chi connectivity index (χ1) is 8.30. The quantitative estimate of drug-likeness (QED) is 0.893. The van der Waals surface area contributed by atoms with Gasteiger partial charge in [-0.05, 0) is 31.6 Å². The molecule has 0 fully saturated rings.